The number of hydrogen-bond donors (Lipinski definition) is 0. The average Bonchev–Trinajstić information content (AvgIpc) is 2.04. The van der Waals surface area contributed by atoms with Crippen LogP contribution >= 0.6 is 0 Å². The summed E-state index contributed by atoms with van der Waals surface area (Å²) in [5.74, 6) is 0. The molecule has 0 saturated carbocycles. The average molecular weight is 153 g/mol. The highest BCUT2D eigenvalue weighted by molar-refractivity contribution is 5.06. The molecule has 0 radical (unpaired) electrons. The second-order valence-corrected chi connectivity index (χ2v) is 3.48. The Labute approximate surface area is 70.1 Å². The predicted octanol–water partition coefficient (Wildman–Crippen LogP) is 2.44. The Morgan fingerprint density at radius 3 is 2.91 bits per heavy atom. The molecule has 0 N–H and O–H groups in total. The minimum absolute atomic E-state index is 1.17. The molecule has 0 aromatic carbocycles. The van der Waals surface area contributed by atoms with Crippen molar-refractivity contribution in [2.24, 2.45) is 0 Å². The molecule has 1 rings (SSSR count). The molecule has 1 aliphatic heterocycles. The molecule has 11 heavy (non-hydrogen) atoms. The fourth-order valence-corrected chi connectivity index (χ4v) is 1.44. The van der Waals surface area contributed by atoms with Crippen molar-refractivity contribution in [2.45, 2.75) is 32.6 Å². The predicted molar refractivity (Wildman–Crippen MR) is 49.7 cm³/mol. The van der Waals surface area contributed by atoms with Gasteiger partial charge in [0, 0.05) is 13.1 Å². The van der Waals surface area contributed by atoms with Gasteiger partial charge >= 0.3 is 0 Å². The lowest BCUT2D eigenvalue weighted by atomic mass is 10.0. The lowest BCUT2D eigenvalue weighted by molar-refractivity contribution is 0.355. The number of likely N-dealkylation sites (N-methyl/N-ethyl adjacent to an activating group) is 1. The highest BCUT2D eigenvalue weighted by Crippen LogP contribution is 2.15. The van der Waals surface area contributed by atoms with Gasteiger partial charge in [-0.2, -0.15) is 0 Å². The zero-order chi connectivity index (χ0) is 8.10. The fourth-order valence-electron chi connectivity index (χ4n) is 1.44. The van der Waals surface area contributed by atoms with Crippen molar-refractivity contribution in [3.63, 3.8) is 0 Å². The Morgan fingerprint density at radius 1 is 1.55 bits per heavy atom. The molecule has 0 amide bonds. The third-order valence-corrected chi connectivity index (χ3v) is 2.36. The number of hydrogen-bond acceptors (Lipinski definition) is 1. The van der Waals surface area contributed by atoms with E-state index >= 15 is 0 Å². The van der Waals surface area contributed by atoms with Gasteiger partial charge in [0.05, 0.1) is 0 Å². The lowest BCUT2D eigenvalue weighted by Gasteiger charge is -2.21. The molecular formula is C10H19N. The zero-order valence-electron chi connectivity index (χ0n) is 7.77. The minimum atomic E-state index is 1.17. The normalized spacial score (nSPS) is 20.0. The molecule has 1 aliphatic rings. The molecule has 0 atom stereocenters. The van der Waals surface area contributed by atoms with Crippen LogP contribution < -0.4 is 0 Å². The molecule has 0 spiro atoms. The minimum Gasteiger partial charge on any atom is -0.302 e. The van der Waals surface area contributed by atoms with Crippen LogP contribution in [0.4, 0.5) is 0 Å². The molecule has 1 nitrogen and oxygen atoms in total. The van der Waals surface area contributed by atoms with E-state index in [0.717, 1.165) is 0 Å². The van der Waals surface area contributed by atoms with Gasteiger partial charge in [-0.1, -0.05) is 25.0 Å². The second kappa shape index (κ2) is 4.55. The molecule has 0 saturated heterocycles. The maximum atomic E-state index is 2.40. The van der Waals surface area contributed by atoms with Gasteiger partial charge in [0.15, 0.2) is 0 Å². The van der Waals surface area contributed by atoms with Crippen LogP contribution in [-0.2, 0) is 0 Å². The van der Waals surface area contributed by atoms with E-state index < -0.39 is 0 Å². The van der Waals surface area contributed by atoms with E-state index in [1.165, 1.54) is 38.8 Å². The van der Waals surface area contributed by atoms with Crippen LogP contribution in [0.1, 0.15) is 32.6 Å². The lowest BCUT2D eigenvalue weighted by Crippen LogP contribution is -2.24. The van der Waals surface area contributed by atoms with Gasteiger partial charge in [-0.25, -0.2) is 0 Å². The van der Waals surface area contributed by atoms with Crippen molar-refractivity contribution in [1.82, 2.24) is 4.90 Å². The Bertz CT molecular complexity index is 138. The van der Waals surface area contributed by atoms with Gasteiger partial charge in [-0.05, 0) is 26.3 Å². The third kappa shape index (κ3) is 3.06. The quantitative estimate of drug-likeness (QED) is 0.563. The Hall–Kier alpha value is -0.300. The summed E-state index contributed by atoms with van der Waals surface area (Å²) in [5, 5.41) is 0. The smallest absolute Gasteiger partial charge is 0.0162 e. The van der Waals surface area contributed by atoms with Gasteiger partial charge in [0.1, 0.15) is 0 Å². The zero-order valence-corrected chi connectivity index (χ0v) is 7.77. The number of rotatable bonds is 3. The van der Waals surface area contributed by atoms with E-state index in [1.54, 1.807) is 5.57 Å². The van der Waals surface area contributed by atoms with Gasteiger partial charge in [0.25, 0.3) is 0 Å². The molecule has 1 heterocycles. The first-order chi connectivity index (χ1) is 5.33. The molecule has 0 bridgehead atoms. The van der Waals surface area contributed by atoms with E-state index in [9.17, 15) is 0 Å². The molecular weight excluding hydrogens is 134 g/mol. The van der Waals surface area contributed by atoms with Crippen LogP contribution in [0, 0.1) is 0 Å². The summed E-state index contributed by atoms with van der Waals surface area (Å²) < 4.78 is 0. The first kappa shape index (κ1) is 8.79. The first-order valence-corrected chi connectivity index (χ1v) is 4.69. The van der Waals surface area contributed by atoms with Crippen molar-refractivity contribution in [3.8, 4) is 0 Å². The van der Waals surface area contributed by atoms with Crippen LogP contribution in [0.5, 0.6) is 0 Å². The van der Waals surface area contributed by atoms with Crippen molar-refractivity contribution in [2.75, 3.05) is 20.1 Å². The highest BCUT2D eigenvalue weighted by Gasteiger charge is 2.05. The Balaban J connectivity index is 2.24. The van der Waals surface area contributed by atoms with Crippen molar-refractivity contribution >= 4 is 0 Å². The monoisotopic (exact) mass is 153 g/mol. The third-order valence-electron chi connectivity index (χ3n) is 2.36. The summed E-state index contributed by atoms with van der Waals surface area (Å²) in [6.07, 6.45) is 7.74. The van der Waals surface area contributed by atoms with Crippen molar-refractivity contribution in [3.05, 3.63) is 11.6 Å². The van der Waals surface area contributed by atoms with Crippen molar-refractivity contribution < 1.29 is 0 Å². The van der Waals surface area contributed by atoms with Crippen molar-refractivity contribution in [1.29, 1.82) is 0 Å². The maximum absolute atomic E-state index is 2.40. The second-order valence-electron chi connectivity index (χ2n) is 3.48. The van der Waals surface area contributed by atoms with Crippen LogP contribution in [0.15, 0.2) is 11.6 Å². The molecule has 64 valence electrons. The standard InChI is InChI=1S/C10H19N/c1-3-4-5-10-6-8-11(2)9-7-10/h6H,3-5,7-9H2,1-2H3. The summed E-state index contributed by atoms with van der Waals surface area (Å²) in [7, 11) is 2.19. The Morgan fingerprint density at radius 2 is 2.36 bits per heavy atom. The van der Waals surface area contributed by atoms with Crippen LogP contribution in [-0.4, -0.2) is 25.0 Å². The van der Waals surface area contributed by atoms with E-state index in [1.807, 2.05) is 0 Å². The molecule has 0 aromatic rings. The topological polar surface area (TPSA) is 3.24 Å². The molecule has 0 fully saturated rings. The summed E-state index contributed by atoms with van der Waals surface area (Å²) in [6, 6.07) is 0. The highest BCUT2D eigenvalue weighted by atomic mass is 15.1. The maximum Gasteiger partial charge on any atom is 0.0162 e. The van der Waals surface area contributed by atoms with E-state index in [4.69, 9.17) is 0 Å². The van der Waals surface area contributed by atoms with Crippen LogP contribution in [0.25, 0.3) is 0 Å². The largest absolute Gasteiger partial charge is 0.302 e. The van der Waals surface area contributed by atoms with Gasteiger partial charge in [-0.3, -0.25) is 0 Å². The fraction of sp³-hybridized carbons (Fsp3) is 0.800. The van der Waals surface area contributed by atoms with Crippen LogP contribution in [0.2, 0.25) is 0 Å². The van der Waals surface area contributed by atoms with Gasteiger partial charge < -0.3 is 4.90 Å². The van der Waals surface area contributed by atoms with Gasteiger partial charge in [-0.15, -0.1) is 0 Å². The number of nitrogens with zero attached hydrogens (tertiary/aromatic N) is 1. The molecule has 0 aromatic heterocycles. The molecule has 1 heteroatoms. The SMILES string of the molecule is CCCCC1=CCN(C)CC1. The van der Waals surface area contributed by atoms with Crippen LogP contribution in [0.3, 0.4) is 0 Å². The summed E-state index contributed by atoms with van der Waals surface area (Å²) in [4.78, 5) is 2.37. The van der Waals surface area contributed by atoms with Gasteiger partial charge in [0.2, 0.25) is 0 Å². The summed E-state index contributed by atoms with van der Waals surface area (Å²) in [6.45, 7) is 4.68. The molecule has 0 unspecified atom stereocenters. The summed E-state index contributed by atoms with van der Waals surface area (Å²) >= 11 is 0. The molecule has 0 aliphatic carbocycles. The Kier molecular flexibility index (Phi) is 3.64. The van der Waals surface area contributed by atoms with E-state index in [-0.39, 0.29) is 0 Å². The summed E-state index contributed by atoms with van der Waals surface area (Å²) in [5.41, 5.74) is 1.69. The number of unbranched alkanes of at least 4 members (excludes halogenated alkanes) is 1. The van der Waals surface area contributed by atoms with E-state index in [2.05, 4.69) is 24.9 Å². The first-order valence-electron chi connectivity index (χ1n) is 4.69. The van der Waals surface area contributed by atoms with E-state index in [0.29, 0.717) is 0 Å².